The van der Waals surface area contributed by atoms with Gasteiger partial charge in [-0.05, 0) is 36.2 Å². The Morgan fingerprint density at radius 3 is 2.74 bits per heavy atom. The van der Waals surface area contributed by atoms with E-state index in [4.69, 9.17) is 0 Å². The van der Waals surface area contributed by atoms with Gasteiger partial charge in [-0.1, -0.05) is 36.4 Å². The molecule has 0 saturated carbocycles. The maximum absolute atomic E-state index is 12.5. The summed E-state index contributed by atoms with van der Waals surface area (Å²) < 4.78 is 2.27. The van der Waals surface area contributed by atoms with Gasteiger partial charge in [-0.15, -0.1) is 0 Å². The number of rotatable bonds is 3. The van der Waals surface area contributed by atoms with Gasteiger partial charge in [-0.3, -0.25) is 4.79 Å². The number of aromatic nitrogens is 3. The Morgan fingerprint density at radius 2 is 1.85 bits per heavy atom. The molecule has 1 amide bonds. The number of nitrogens with one attached hydrogen (secondary N) is 1. The summed E-state index contributed by atoms with van der Waals surface area (Å²) in [6.45, 7) is 1.02. The molecule has 0 fully saturated rings. The van der Waals surface area contributed by atoms with Crippen LogP contribution in [0.1, 0.15) is 22.7 Å². The third-order valence-corrected chi connectivity index (χ3v) is 4.99. The fourth-order valence-electron chi connectivity index (χ4n) is 3.60. The van der Waals surface area contributed by atoms with E-state index in [0.717, 1.165) is 53.1 Å². The zero-order valence-corrected chi connectivity index (χ0v) is 14.7. The molecule has 0 saturated heterocycles. The van der Waals surface area contributed by atoms with Crippen LogP contribution in [-0.4, -0.2) is 20.4 Å². The number of amides is 1. The predicted molar refractivity (Wildman–Crippen MR) is 106 cm³/mol. The number of anilines is 1. The van der Waals surface area contributed by atoms with Crippen LogP contribution in [0, 0.1) is 0 Å². The van der Waals surface area contributed by atoms with E-state index in [0.29, 0.717) is 5.69 Å². The molecular formula is C22H18N4O. The third kappa shape index (κ3) is 2.87. The molecule has 0 aliphatic carbocycles. The zero-order valence-electron chi connectivity index (χ0n) is 14.7. The van der Waals surface area contributed by atoms with Gasteiger partial charge in [0.15, 0.2) is 0 Å². The SMILES string of the molecule is O=C(Nc1ccc(-c2cnc3n2CCC3)cc1)c1ccc2ccccc2n1. The number of carbonyl (C=O) groups is 1. The molecule has 0 bridgehead atoms. The smallest absolute Gasteiger partial charge is 0.274 e. The summed E-state index contributed by atoms with van der Waals surface area (Å²) in [7, 11) is 0. The van der Waals surface area contributed by atoms with Gasteiger partial charge in [-0.2, -0.15) is 0 Å². The van der Waals surface area contributed by atoms with E-state index < -0.39 is 0 Å². The van der Waals surface area contributed by atoms with Crippen molar-refractivity contribution < 1.29 is 4.79 Å². The number of hydrogen-bond acceptors (Lipinski definition) is 3. The standard InChI is InChI=1S/C22H18N4O/c27-22(19-12-9-15-4-1-2-5-18(15)25-19)24-17-10-7-16(8-11-17)20-14-23-21-6-3-13-26(20)21/h1-2,4-5,7-12,14H,3,6,13H2,(H,24,27). The number of imidazole rings is 1. The summed E-state index contributed by atoms with van der Waals surface area (Å²) in [5.74, 6) is 0.948. The van der Waals surface area contributed by atoms with Crippen molar-refractivity contribution in [3.8, 4) is 11.3 Å². The molecule has 27 heavy (non-hydrogen) atoms. The molecule has 2 aromatic carbocycles. The lowest BCUT2D eigenvalue weighted by atomic mass is 10.1. The second-order valence-electron chi connectivity index (χ2n) is 6.74. The second kappa shape index (κ2) is 6.36. The average molecular weight is 354 g/mol. The summed E-state index contributed by atoms with van der Waals surface area (Å²) in [6.07, 6.45) is 4.14. The molecule has 5 nitrogen and oxygen atoms in total. The molecule has 0 spiro atoms. The van der Waals surface area contributed by atoms with Gasteiger partial charge in [0.05, 0.1) is 17.4 Å². The Morgan fingerprint density at radius 1 is 1.00 bits per heavy atom. The highest BCUT2D eigenvalue weighted by molar-refractivity contribution is 6.04. The summed E-state index contributed by atoms with van der Waals surface area (Å²) in [5.41, 5.74) is 4.22. The van der Waals surface area contributed by atoms with Crippen molar-refractivity contribution >= 4 is 22.5 Å². The van der Waals surface area contributed by atoms with Crippen LogP contribution in [0.15, 0.2) is 66.9 Å². The van der Waals surface area contributed by atoms with Crippen molar-refractivity contribution in [1.29, 1.82) is 0 Å². The maximum atomic E-state index is 12.5. The van der Waals surface area contributed by atoms with Crippen LogP contribution in [0.3, 0.4) is 0 Å². The number of aryl methyl sites for hydroxylation is 1. The molecule has 5 rings (SSSR count). The fraction of sp³-hybridized carbons (Fsp3) is 0.136. The van der Waals surface area contributed by atoms with E-state index >= 15 is 0 Å². The first-order chi connectivity index (χ1) is 13.3. The highest BCUT2D eigenvalue weighted by Gasteiger charge is 2.16. The van der Waals surface area contributed by atoms with Crippen LogP contribution < -0.4 is 5.32 Å². The molecule has 2 aromatic heterocycles. The Hall–Kier alpha value is -3.47. The molecule has 0 unspecified atom stereocenters. The molecule has 1 aliphatic heterocycles. The number of nitrogens with zero attached hydrogens (tertiary/aromatic N) is 3. The Labute approximate surface area is 156 Å². The lowest BCUT2D eigenvalue weighted by Gasteiger charge is -2.08. The molecule has 132 valence electrons. The molecule has 1 aliphatic rings. The van der Waals surface area contributed by atoms with Crippen molar-refractivity contribution in [1.82, 2.24) is 14.5 Å². The number of benzene rings is 2. The fourth-order valence-corrected chi connectivity index (χ4v) is 3.60. The van der Waals surface area contributed by atoms with E-state index in [1.807, 2.05) is 60.8 Å². The van der Waals surface area contributed by atoms with E-state index in [-0.39, 0.29) is 5.91 Å². The quantitative estimate of drug-likeness (QED) is 0.597. The lowest BCUT2D eigenvalue weighted by molar-refractivity contribution is 0.102. The van der Waals surface area contributed by atoms with E-state index in [1.165, 1.54) is 0 Å². The van der Waals surface area contributed by atoms with Crippen molar-refractivity contribution in [2.24, 2.45) is 0 Å². The van der Waals surface area contributed by atoms with Crippen molar-refractivity contribution in [3.63, 3.8) is 0 Å². The molecular weight excluding hydrogens is 336 g/mol. The number of hydrogen-bond donors (Lipinski definition) is 1. The van der Waals surface area contributed by atoms with Crippen LogP contribution >= 0.6 is 0 Å². The Kier molecular flexibility index (Phi) is 3.71. The Balaban J connectivity index is 1.36. The topological polar surface area (TPSA) is 59.8 Å². The maximum Gasteiger partial charge on any atom is 0.274 e. The first kappa shape index (κ1) is 15.8. The van der Waals surface area contributed by atoms with Crippen LogP contribution in [0.4, 0.5) is 5.69 Å². The minimum absolute atomic E-state index is 0.209. The van der Waals surface area contributed by atoms with Gasteiger partial charge < -0.3 is 9.88 Å². The van der Waals surface area contributed by atoms with Crippen LogP contribution in [0.2, 0.25) is 0 Å². The average Bonchev–Trinajstić information content (AvgIpc) is 3.32. The first-order valence-corrected chi connectivity index (χ1v) is 9.10. The monoisotopic (exact) mass is 354 g/mol. The number of para-hydroxylation sites is 1. The molecule has 0 radical (unpaired) electrons. The van der Waals surface area contributed by atoms with Gasteiger partial charge in [0.25, 0.3) is 5.91 Å². The Bertz CT molecular complexity index is 1140. The summed E-state index contributed by atoms with van der Waals surface area (Å²) >= 11 is 0. The summed E-state index contributed by atoms with van der Waals surface area (Å²) in [5, 5.41) is 3.94. The van der Waals surface area contributed by atoms with Crippen LogP contribution in [-0.2, 0) is 13.0 Å². The number of pyridine rings is 1. The molecule has 4 aromatic rings. The summed E-state index contributed by atoms with van der Waals surface area (Å²) in [4.78, 5) is 21.5. The number of carbonyl (C=O) groups excluding carboxylic acids is 1. The van der Waals surface area contributed by atoms with Gasteiger partial charge in [0.1, 0.15) is 11.5 Å². The molecule has 0 atom stereocenters. The summed E-state index contributed by atoms with van der Waals surface area (Å²) in [6, 6.07) is 19.3. The van der Waals surface area contributed by atoms with E-state index in [9.17, 15) is 4.79 Å². The third-order valence-electron chi connectivity index (χ3n) is 4.99. The lowest BCUT2D eigenvalue weighted by Crippen LogP contribution is -2.13. The van der Waals surface area contributed by atoms with Gasteiger partial charge in [0.2, 0.25) is 0 Å². The largest absolute Gasteiger partial charge is 0.328 e. The van der Waals surface area contributed by atoms with Gasteiger partial charge in [-0.25, -0.2) is 9.97 Å². The molecule has 3 heterocycles. The van der Waals surface area contributed by atoms with Crippen LogP contribution in [0.25, 0.3) is 22.2 Å². The van der Waals surface area contributed by atoms with Gasteiger partial charge >= 0.3 is 0 Å². The van der Waals surface area contributed by atoms with Crippen molar-refractivity contribution in [2.75, 3.05) is 5.32 Å². The predicted octanol–water partition coefficient (Wildman–Crippen LogP) is 4.30. The minimum Gasteiger partial charge on any atom is -0.328 e. The van der Waals surface area contributed by atoms with Crippen molar-refractivity contribution in [2.45, 2.75) is 19.4 Å². The van der Waals surface area contributed by atoms with Crippen molar-refractivity contribution in [3.05, 3.63) is 78.4 Å². The molecule has 1 N–H and O–H groups in total. The highest BCUT2D eigenvalue weighted by Crippen LogP contribution is 2.26. The zero-order chi connectivity index (χ0) is 18.2. The van der Waals surface area contributed by atoms with E-state index in [2.05, 4.69) is 19.9 Å². The normalized spacial score (nSPS) is 12.9. The molecule has 5 heteroatoms. The highest BCUT2D eigenvalue weighted by atomic mass is 16.1. The minimum atomic E-state index is -0.209. The van der Waals surface area contributed by atoms with Gasteiger partial charge in [0, 0.05) is 24.0 Å². The first-order valence-electron chi connectivity index (χ1n) is 9.10. The second-order valence-corrected chi connectivity index (χ2v) is 6.74. The van der Waals surface area contributed by atoms with E-state index in [1.54, 1.807) is 6.07 Å². The van der Waals surface area contributed by atoms with Crippen LogP contribution in [0.5, 0.6) is 0 Å². The number of fused-ring (bicyclic) bond motifs is 2.